The molecule has 0 saturated carbocycles. The standard InChI is InChI=1S/C2H6O7P2/c3-1-2(10(4,5)6)11(7,8)9/h1,3H,(H2,4,5,6)(H2,7,8,9)/p-4. The summed E-state index contributed by atoms with van der Waals surface area (Å²) in [5.74, 6) is 0. The van der Waals surface area contributed by atoms with Crippen molar-refractivity contribution in [3.8, 4) is 0 Å². The molecular formula is C2H2O7P2-4. The summed E-state index contributed by atoms with van der Waals surface area (Å²) in [6.07, 6.45) is -0.526. The van der Waals surface area contributed by atoms with Crippen molar-refractivity contribution in [2.45, 2.75) is 0 Å². The first-order chi connectivity index (χ1) is 4.69. The summed E-state index contributed by atoms with van der Waals surface area (Å²) in [6, 6.07) is 0. The van der Waals surface area contributed by atoms with E-state index in [0.717, 1.165) is 0 Å². The van der Waals surface area contributed by atoms with Crippen LogP contribution in [0.15, 0.2) is 11.3 Å². The fourth-order valence-electron chi connectivity index (χ4n) is 0.291. The molecule has 0 saturated heterocycles. The molecule has 11 heavy (non-hydrogen) atoms. The number of hydrogen-bond donors (Lipinski definition) is 1. The van der Waals surface area contributed by atoms with Gasteiger partial charge in [0.15, 0.2) is 0 Å². The largest absolute Gasteiger partial charge is 0.807 e. The maximum atomic E-state index is 9.88. The highest BCUT2D eigenvalue weighted by Crippen LogP contribution is 2.53. The molecule has 0 atom stereocenters. The Morgan fingerprint density at radius 1 is 1.09 bits per heavy atom. The van der Waals surface area contributed by atoms with Crippen LogP contribution in [0.4, 0.5) is 0 Å². The van der Waals surface area contributed by atoms with Gasteiger partial charge in [-0.2, -0.15) is 0 Å². The first-order valence-electron chi connectivity index (χ1n) is 2.09. The van der Waals surface area contributed by atoms with Crippen molar-refractivity contribution in [2.75, 3.05) is 0 Å². The van der Waals surface area contributed by atoms with Gasteiger partial charge in [-0.15, -0.1) is 0 Å². The van der Waals surface area contributed by atoms with Gasteiger partial charge in [-0.3, -0.25) is 0 Å². The maximum Gasteiger partial charge on any atom is 0.0887 e. The fourth-order valence-corrected chi connectivity index (χ4v) is 1.77. The van der Waals surface area contributed by atoms with Crippen molar-refractivity contribution in [2.24, 2.45) is 0 Å². The quantitative estimate of drug-likeness (QED) is 0.373. The molecule has 0 unspecified atom stereocenters. The average molecular weight is 200 g/mol. The third-order valence-electron chi connectivity index (χ3n) is 0.677. The van der Waals surface area contributed by atoms with E-state index < -0.39 is 26.5 Å². The Bertz CT molecular complexity index is 230. The lowest BCUT2D eigenvalue weighted by Crippen LogP contribution is -2.23. The molecular weight excluding hydrogens is 198 g/mol. The summed E-state index contributed by atoms with van der Waals surface area (Å²) in [5, 5.41) is 5.87. The molecule has 0 aromatic carbocycles. The molecule has 1 N–H and O–H groups in total. The molecule has 0 aliphatic rings. The van der Waals surface area contributed by atoms with E-state index in [-0.39, 0.29) is 0 Å². The summed E-state index contributed by atoms with van der Waals surface area (Å²) in [6.45, 7) is 0. The van der Waals surface area contributed by atoms with Crippen molar-refractivity contribution >= 4 is 15.2 Å². The second kappa shape index (κ2) is 3.06. The van der Waals surface area contributed by atoms with Crippen LogP contribution in [0, 0.1) is 0 Å². The van der Waals surface area contributed by atoms with Crippen LogP contribution in [0.5, 0.6) is 0 Å². The predicted molar refractivity (Wildman–Crippen MR) is 25.9 cm³/mol. The van der Waals surface area contributed by atoms with Crippen molar-refractivity contribution in [3.63, 3.8) is 0 Å². The fraction of sp³-hybridized carbons (Fsp3) is 0. The zero-order valence-electron chi connectivity index (χ0n) is 4.87. The Labute approximate surface area is 61.3 Å². The van der Waals surface area contributed by atoms with E-state index in [1.54, 1.807) is 0 Å². The van der Waals surface area contributed by atoms with E-state index in [1.807, 2.05) is 0 Å². The van der Waals surface area contributed by atoms with Crippen LogP contribution in [-0.4, -0.2) is 5.11 Å². The number of hydrogen-bond acceptors (Lipinski definition) is 7. The first-order valence-corrected chi connectivity index (χ1v) is 5.17. The molecule has 0 spiro atoms. The van der Waals surface area contributed by atoms with Crippen LogP contribution >= 0.6 is 15.2 Å². The molecule has 0 aliphatic carbocycles. The molecule has 0 aliphatic heterocycles. The number of aliphatic hydroxyl groups is 1. The predicted octanol–water partition coefficient (Wildman–Crippen LogP) is -2.83. The summed E-state index contributed by atoms with van der Waals surface area (Å²) in [4.78, 5) is 39.5. The van der Waals surface area contributed by atoms with Gasteiger partial charge in [-0.25, -0.2) is 0 Å². The highest BCUT2D eigenvalue weighted by molar-refractivity contribution is 7.74. The molecule has 0 radical (unpaired) electrons. The van der Waals surface area contributed by atoms with E-state index in [9.17, 15) is 28.7 Å². The van der Waals surface area contributed by atoms with Crippen molar-refractivity contribution < 1.29 is 33.8 Å². The minimum absolute atomic E-state index is 0.526. The molecule has 0 aromatic rings. The second-order valence-electron chi connectivity index (χ2n) is 1.48. The van der Waals surface area contributed by atoms with E-state index >= 15 is 0 Å². The smallest absolute Gasteiger partial charge is 0.0887 e. The lowest BCUT2D eigenvalue weighted by atomic mass is 11.1. The molecule has 0 heterocycles. The van der Waals surface area contributed by atoms with Crippen LogP contribution in [0.25, 0.3) is 0 Å². The lowest BCUT2D eigenvalue weighted by molar-refractivity contribution is -0.319. The topological polar surface area (TPSA) is 147 Å². The van der Waals surface area contributed by atoms with Gasteiger partial charge >= 0.3 is 0 Å². The Balaban J connectivity index is 5.07. The van der Waals surface area contributed by atoms with Crippen LogP contribution in [-0.2, 0) is 9.13 Å². The van der Waals surface area contributed by atoms with Crippen molar-refractivity contribution in [3.05, 3.63) is 11.3 Å². The Morgan fingerprint density at radius 2 is 1.36 bits per heavy atom. The maximum absolute atomic E-state index is 9.88. The van der Waals surface area contributed by atoms with Crippen LogP contribution < -0.4 is 19.6 Å². The normalized spacial score (nSPS) is 12.7. The van der Waals surface area contributed by atoms with Gasteiger partial charge < -0.3 is 33.8 Å². The van der Waals surface area contributed by atoms with Crippen LogP contribution in [0.1, 0.15) is 0 Å². The van der Waals surface area contributed by atoms with Crippen molar-refractivity contribution in [1.82, 2.24) is 0 Å². The summed E-state index contributed by atoms with van der Waals surface area (Å²) in [5.41, 5.74) is 0. The Kier molecular flexibility index (Phi) is 3.02. The zero-order chi connectivity index (χ0) is 9.28. The monoisotopic (exact) mass is 200 g/mol. The van der Waals surface area contributed by atoms with Gasteiger partial charge in [0.05, 0.1) is 6.26 Å². The Hall–Kier alpha value is -0.160. The number of aliphatic hydroxyl groups excluding tert-OH is 1. The lowest BCUT2D eigenvalue weighted by Gasteiger charge is -2.42. The second-order valence-corrected chi connectivity index (χ2v) is 4.79. The highest BCUT2D eigenvalue weighted by atomic mass is 31.2. The van der Waals surface area contributed by atoms with Crippen LogP contribution in [0.2, 0.25) is 0 Å². The molecule has 0 aromatic heterocycles. The van der Waals surface area contributed by atoms with Gasteiger partial charge in [-0.1, -0.05) is 0 Å². The minimum atomic E-state index is -5.67. The number of rotatable bonds is 2. The summed E-state index contributed by atoms with van der Waals surface area (Å²) < 4.78 is 19.8. The molecule has 0 amide bonds. The SMILES string of the molecule is O=P([O-])([O-])C(=CO)P(=O)([O-])[O-]. The van der Waals surface area contributed by atoms with E-state index in [4.69, 9.17) is 5.11 Å². The summed E-state index contributed by atoms with van der Waals surface area (Å²) >= 11 is 0. The third kappa shape index (κ3) is 3.16. The van der Waals surface area contributed by atoms with Crippen molar-refractivity contribution in [1.29, 1.82) is 0 Å². The highest BCUT2D eigenvalue weighted by Gasteiger charge is 2.05. The molecule has 7 nitrogen and oxygen atoms in total. The van der Waals surface area contributed by atoms with E-state index in [2.05, 4.69) is 0 Å². The van der Waals surface area contributed by atoms with Gasteiger partial charge in [0.2, 0.25) is 0 Å². The zero-order valence-corrected chi connectivity index (χ0v) is 6.66. The molecule has 0 fully saturated rings. The molecule has 0 bridgehead atoms. The first kappa shape index (κ1) is 10.8. The molecule has 66 valence electrons. The third-order valence-corrected chi connectivity index (χ3v) is 3.50. The van der Waals surface area contributed by atoms with Gasteiger partial charge in [0.1, 0.15) is 0 Å². The van der Waals surface area contributed by atoms with Gasteiger partial charge in [-0.05, 0) is 15.2 Å². The van der Waals surface area contributed by atoms with Crippen LogP contribution in [0.3, 0.4) is 0 Å². The molecule has 0 rings (SSSR count). The van der Waals surface area contributed by atoms with E-state index in [0.29, 0.717) is 0 Å². The Morgan fingerprint density at radius 3 is 1.36 bits per heavy atom. The summed E-state index contributed by atoms with van der Waals surface area (Å²) in [7, 11) is -11.3. The molecule has 9 heteroatoms. The van der Waals surface area contributed by atoms with Gasteiger partial charge in [0, 0.05) is 5.06 Å². The van der Waals surface area contributed by atoms with Gasteiger partial charge in [0.25, 0.3) is 0 Å². The van der Waals surface area contributed by atoms with E-state index in [1.165, 1.54) is 0 Å². The minimum Gasteiger partial charge on any atom is -0.807 e. The average Bonchev–Trinajstić information content (AvgIpc) is 1.56.